The third-order valence-corrected chi connectivity index (χ3v) is 11.5. The molecule has 0 spiro atoms. The molecule has 0 fully saturated rings. The quantitative estimate of drug-likeness (QED) is 0.0413. The van der Waals surface area contributed by atoms with E-state index in [2.05, 4.69) is 51.8 Å². The number of unbranched alkanes of at least 4 members (excludes halogenated alkanes) is 1. The molecule has 3 heterocycles. The number of carboxylic acids is 1. The van der Waals surface area contributed by atoms with Crippen LogP contribution in [0.2, 0.25) is 0 Å². The van der Waals surface area contributed by atoms with Crippen LogP contribution in [0.1, 0.15) is 60.5 Å². The van der Waals surface area contributed by atoms with E-state index in [9.17, 15) is 14.7 Å². The number of hydrogen-bond acceptors (Lipinski definition) is 17. The van der Waals surface area contributed by atoms with Crippen LogP contribution in [0, 0.1) is 0 Å². The summed E-state index contributed by atoms with van der Waals surface area (Å²) in [4.78, 5) is 29.2. The number of anilines is 1. The zero-order valence-electron chi connectivity index (χ0n) is 42.3. The van der Waals surface area contributed by atoms with Gasteiger partial charge in [0.05, 0.1) is 138 Å². The molecule has 0 amide bonds. The van der Waals surface area contributed by atoms with E-state index in [1.807, 2.05) is 42.6 Å². The summed E-state index contributed by atoms with van der Waals surface area (Å²) >= 11 is 0. The maximum Gasteiger partial charge on any atom is 0.304 e. The third-order valence-electron chi connectivity index (χ3n) is 11.5. The number of pyridine rings is 1. The van der Waals surface area contributed by atoms with Gasteiger partial charge in [-0.3, -0.25) is 4.79 Å². The Morgan fingerprint density at radius 3 is 2.00 bits per heavy atom. The molecule has 5 rings (SSSR count). The highest BCUT2D eigenvalue weighted by Gasteiger charge is 2.19. The molecule has 1 unspecified atom stereocenters. The van der Waals surface area contributed by atoms with Crippen molar-refractivity contribution in [2.45, 2.75) is 64.0 Å². The standard InChI is InChI=1S/C53H78N6O13/c1-58(18-3-2-10-49-14-11-45-9-5-17-54-53(45)55-49)41-48(40-52(61)62)47-8-4-7-46(39-47)44-12-15-51(16-13-44)72-38-37-70-34-33-68-30-28-66-26-24-64-22-19-59-42-50(56-57-59)43-71-36-35-69-32-31-67-29-27-65-25-23-63-21-6-20-60/h4,7-8,11-16,20,39,42,48H,2-3,5-6,9-10,17-19,21-38,40-41,43H2,1H3,(H,54,55)(H,61,62). The van der Waals surface area contributed by atoms with Crippen molar-refractivity contribution in [2.24, 2.45) is 0 Å². The molecule has 1 aliphatic rings. The monoisotopic (exact) mass is 1010 g/mol. The number of benzene rings is 2. The molecule has 19 nitrogen and oxygen atoms in total. The number of carboxylic acid groups (broad SMARTS) is 1. The van der Waals surface area contributed by atoms with Gasteiger partial charge >= 0.3 is 5.97 Å². The van der Waals surface area contributed by atoms with Crippen molar-refractivity contribution >= 4 is 18.1 Å². The smallest absolute Gasteiger partial charge is 0.304 e. The van der Waals surface area contributed by atoms with Crippen LogP contribution in [0.4, 0.5) is 5.82 Å². The van der Waals surface area contributed by atoms with Crippen molar-refractivity contribution in [3.05, 3.63) is 89.4 Å². The van der Waals surface area contributed by atoms with E-state index in [-0.39, 0.29) is 12.3 Å². The highest BCUT2D eigenvalue weighted by Crippen LogP contribution is 2.28. The minimum Gasteiger partial charge on any atom is -0.491 e. The van der Waals surface area contributed by atoms with Crippen molar-refractivity contribution < 1.29 is 62.1 Å². The van der Waals surface area contributed by atoms with Gasteiger partial charge in [0.2, 0.25) is 0 Å². The molecule has 0 bridgehead atoms. The van der Waals surface area contributed by atoms with Gasteiger partial charge in [0.25, 0.3) is 0 Å². The van der Waals surface area contributed by atoms with Crippen LogP contribution >= 0.6 is 0 Å². The van der Waals surface area contributed by atoms with E-state index in [1.54, 1.807) is 4.68 Å². The van der Waals surface area contributed by atoms with Crippen LogP contribution in [0.3, 0.4) is 0 Å². The Labute approximate surface area is 425 Å². The Morgan fingerprint density at radius 1 is 0.722 bits per heavy atom. The molecule has 2 N–H and O–H groups in total. The fraction of sp³-hybridized carbons (Fsp3) is 0.604. The summed E-state index contributed by atoms with van der Waals surface area (Å²) in [6.45, 7) is 11.7. The van der Waals surface area contributed by atoms with Gasteiger partial charge in [-0.15, -0.1) is 5.10 Å². The van der Waals surface area contributed by atoms with Crippen LogP contribution in [-0.4, -0.2) is 188 Å². The van der Waals surface area contributed by atoms with E-state index in [4.69, 9.17) is 52.4 Å². The minimum atomic E-state index is -0.797. The van der Waals surface area contributed by atoms with Crippen LogP contribution in [-0.2, 0) is 78.2 Å². The van der Waals surface area contributed by atoms with Gasteiger partial charge in [-0.1, -0.05) is 47.7 Å². The number of rotatable bonds is 44. The maximum absolute atomic E-state index is 11.9. The lowest BCUT2D eigenvalue weighted by atomic mass is 9.92. The number of aldehydes is 1. The first-order chi connectivity index (χ1) is 35.5. The molecule has 1 aliphatic heterocycles. The predicted molar refractivity (Wildman–Crippen MR) is 271 cm³/mol. The highest BCUT2D eigenvalue weighted by atomic mass is 16.6. The number of ether oxygens (including phenoxy) is 10. The van der Waals surface area contributed by atoms with E-state index < -0.39 is 5.97 Å². The second-order valence-electron chi connectivity index (χ2n) is 17.2. The van der Waals surface area contributed by atoms with Crippen molar-refractivity contribution in [2.75, 3.05) is 151 Å². The molecule has 0 saturated heterocycles. The zero-order chi connectivity index (χ0) is 50.5. The highest BCUT2D eigenvalue weighted by molar-refractivity contribution is 5.69. The number of aryl methyl sites for hydroxylation is 2. The Morgan fingerprint density at radius 2 is 1.35 bits per heavy atom. The Bertz CT molecular complexity index is 2040. The second-order valence-corrected chi connectivity index (χ2v) is 17.2. The van der Waals surface area contributed by atoms with Gasteiger partial charge in [-0.25, -0.2) is 9.67 Å². The summed E-state index contributed by atoms with van der Waals surface area (Å²) in [5.74, 6) is 0.864. The van der Waals surface area contributed by atoms with Crippen molar-refractivity contribution in [3.8, 4) is 16.9 Å². The first-order valence-electron chi connectivity index (χ1n) is 25.5. The number of nitrogens with zero attached hydrogens (tertiary/aromatic N) is 5. The largest absolute Gasteiger partial charge is 0.491 e. The van der Waals surface area contributed by atoms with Crippen LogP contribution in [0.5, 0.6) is 5.75 Å². The van der Waals surface area contributed by atoms with Crippen molar-refractivity contribution in [1.29, 1.82) is 0 Å². The number of nitrogens with one attached hydrogen (secondary N) is 1. The fourth-order valence-corrected chi connectivity index (χ4v) is 7.72. The van der Waals surface area contributed by atoms with Gasteiger partial charge in [0.1, 0.15) is 30.2 Å². The van der Waals surface area contributed by atoms with Gasteiger partial charge in [0, 0.05) is 31.1 Å². The van der Waals surface area contributed by atoms with Crippen LogP contribution < -0.4 is 10.1 Å². The topological polar surface area (TPSA) is 206 Å². The minimum absolute atomic E-state index is 0.0708. The van der Waals surface area contributed by atoms with E-state index in [0.29, 0.717) is 145 Å². The Balaban J connectivity index is 0.807. The first-order valence-corrected chi connectivity index (χ1v) is 25.5. The summed E-state index contributed by atoms with van der Waals surface area (Å²) in [7, 11) is 2.08. The lowest BCUT2D eigenvalue weighted by Crippen LogP contribution is -2.27. The lowest BCUT2D eigenvalue weighted by Gasteiger charge is -2.24. The molecule has 19 heteroatoms. The molecule has 1 atom stereocenters. The molecular formula is C53H78N6O13. The van der Waals surface area contributed by atoms with Crippen LogP contribution in [0.25, 0.3) is 11.1 Å². The summed E-state index contributed by atoms with van der Waals surface area (Å²) in [5, 5.41) is 21.5. The molecular weight excluding hydrogens is 929 g/mol. The second kappa shape index (κ2) is 36.9. The van der Waals surface area contributed by atoms with E-state index in [0.717, 1.165) is 91.1 Å². The van der Waals surface area contributed by atoms with Gasteiger partial charge in [-0.05, 0) is 86.1 Å². The van der Waals surface area contributed by atoms with E-state index >= 15 is 0 Å². The van der Waals surface area contributed by atoms with Crippen molar-refractivity contribution in [1.82, 2.24) is 24.9 Å². The van der Waals surface area contributed by atoms with Crippen molar-refractivity contribution in [3.63, 3.8) is 0 Å². The molecule has 0 saturated carbocycles. The number of aliphatic carboxylic acids is 1. The first kappa shape index (κ1) is 58.0. The van der Waals surface area contributed by atoms with Gasteiger partial charge in [0.15, 0.2) is 0 Å². The zero-order valence-corrected chi connectivity index (χ0v) is 42.3. The normalized spacial score (nSPS) is 12.8. The fourth-order valence-electron chi connectivity index (χ4n) is 7.72. The summed E-state index contributed by atoms with van der Waals surface area (Å²) in [5.41, 5.74) is 6.26. The number of hydrogen-bond donors (Lipinski definition) is 2. The van der Waals surface area contributed by atoms with E-state index in [1.165, 1.54) is 5.56 Å². The average Bonchev–Trinajstić information content (AvgIpc) is 3.85. The SMILES string of the molecule is CN(CCCCc1ccc2c(n1)NCCC2)CC(CC(=O)O)c1cccc(-c2ccc(OCCOCCOCCOCCOCCn3cc(COCCOCCOCCOCCOCCC=O)nn3)cc2)c1. The molecule has 72 heavy (non-hydrogen) atoms. The molecule has 2 aromatic heterocycles. The summed E-state index contributed by atoms with van der Waals surface area (Å²) in [6.07, 6.45) is 8.37. The molecule has 0 radical (unpaired) electrons. The molecule has 2 aromatic carbocycles. The van der Waals surface area contributed by atoms with Gasteiger partial charge < -0.3 is 67.5 Å². The summed E-state index contributed by atoms with van der Waals surface area (Å²) < 4.78 is 57.4. The number of likely N-dealkylation sites (N-methyl/N-ethyl adjacent to an activating group) is 1. The number of fused-ring (bicyclic) bond motifs is 1. The third kappa shape index (κ3) is 25.1. The predicted octanol–water partition coefficient (Wildman–Crippen LogP) is 5.53. The number of aromatic nitrogens is 4. The number of carbonyl (C=O) groups excluding carboxylic acids is 1. The maximum atomic E-state index is 11.9. The Hall–Kier alpha value is -4.93. The lowest BCUT2D eigenvalue weighted by molar-refractivity contribution is -0.137. The molecule has 398 valence electrons. The average molecular weight is 1010 g/mol. The van der Waals surface area contributed by atoms with Crippen LogP contribution in [0.15, 0.2) is 66.9 Å². The van der Waals surface area contributed by atoms with Gasteiger partial charge in [-0.2, -0.15) is 0 Å². The molecule has 4 aromatic rings. The molecule has 0 aliphatic carbocycles. The Kier molecular flexibility index (Phi) is 29.7. The number of carbonyl (C=O) groups is 2. The summed E-state index contributed by atoms with van der Waals surface area (Å²) in [6, 6.07) is 20.5.